The average molecular weight is 300 g/mol. The van der Waals surface area contributed by atoms with Gasteiger partial charge in [0.1, 0.15) is 0 Å². The van der Waals surface area contributed by atoms with Gasteiger partial charge in [-0.2, -0.15) is 0 Å². The first-order valence-corrected chi connectivity index (χ1v) is 3.60. The Hall–Kier alpha value is -0.720. The summed E-state index contributed by atoms with van der Waals surface area (Å²) >= 11 is 0. The van der Waals surface area contributed by atoms with Crippen molar-refractivity contribution in [2.24, 2.45) is 5.92 Å². The zero-order chi connectivity index (χ0) is 10.4. The molecule has 0 fully saturated rings. The minimum atomic E-state index is -1.27. The molecule has 1 atom stereocenters. The molecule has 0 aliphatic rings. The van der Waals surface area contributed by atoms with Crippen LogP contribution in [-0.4, -0.2) is 33.2 Å². The first-order valence-electron chi connectivity index (χ1n) is 3.60. The molecule has 0 rings (SSSR count). The average Bonchev–Trinajstić information content (AvgIpc) is 1.96. The summed E-state index contributed by atoms with van der Waals surface area (Å²) in [4.78, 5) is 30.6. The molecule has 0 spiro atoms. The number of carbonyl (C=O) groups is 3. The van der Waals surface area contributed by atoms with E-state index in [2.05, 4.69) is 0 Å². The van der Waals surface area contributed by atoms with Crippen molar-refractivity contribution in [3.8, 4) is 0 Å². The molecule has 0 saturated heterocycles. The molecule has 0 aromatic carbocycles. The van der Waals surface area contributed by atoms with Crippen molar-refractivity contribution in [1.82, 2.24) is 0 Å². The molecule has 6 nitrogen and oxygen atoms in total. The molecule has 9 heteroatoms. The van der Waals surface area contributed by atoms with E-state index in [0.717, 1.165) is 0 Å². The molecular weight excluding hydrogens is 286 g/mol. The Balaban J connectivity index is -0.000000240. The van der Waals surface area contributed by atoms with Crippen LogP contribution in [-0.2, 0) is 14.4 Å². The Morgan fingerprint density at radius 1 is 0.875 bits per heavy atom. The smallest absolute Gasteiger partial charge is 0.307 e. The lowest BCUT2D eigenvalue weighted by molar-refractivity contribution is -0.149. The van der Waals surface area contributed by atoms with Gasteiger partial charge >= 0.3 is 17.9 Å². The first kappa shape index (κ1) is 24.5. The van der Waals surface area contributed by atoms with Crippen molar-refractivity contribution < 1.29 is 29.7 Å². The van der Waals surface area contributed by atoms with Gasteiger partial charge in [-0.15, -0.1) is 37.2 Å². The summed E-state index contributed by atoms with van der Waals surface area (Å²) in [6, 6.07) is 0. The lowest BCUT2D eigenvalue weighted by Gasteiger charge is -2.06. The Bertz CT molecular complexity index is 232. The minimum absolute atomic E-state index is 0. The van der Waals surface area contributed by atoms with Crippen LogP contribution in [0.3, 0.4) is 0 Å². The van der Waals surface area contributed by atoms with Crippen LogP contribution in [0.1, 0.15) is 19.3 Å². The highest BCUT2D eigenvalue weighted by Gasteiger charge is 2.21. The normalized spacial score (nSPS) is 9.75. The Morgan fingerprint density at radius 3 is 1.56 bits per heavy atom. The summed E-state index contributed by atoms with van der Waals surface area (Å²) in [6.45, 7) is 0. The number of hydrogen-bond donors (Lipinski definition) is 3. The van der Waals surface area contributed by atoms with Crippen molar-refractivity contribution in [1.29, 1.82) is 0 Å². The van der Waals surface area contributed by atoms with Crippen LogP contribution in [0.4, 0.5) is 0 Å². The van der Waals surface area contributed by atoms with Gasteiger partial charge in [0, 0.05) is 6.42 Å². The standard InChI is InChI=1S/C7H10O6.3ClH/c8-5(9)2-1-4(7(12)13)3-6(10)11;;;/h4H,1-3H2,(H,8,9)(H,10,11)(H,12,13);3*1H. The molecule has 16 heavy (non-hydrogen) atoms. The molecule has 0 bridgehead atoms. The number of halogens is 3. The third-order valence-electron chi connectivity index (χ3n) is 1.48. The Kier molecular flexibility index (Phi) is 18.9. The van der Waals surface area contributed by atoms with E-state index < -0.39 is 30.2 Å². The van der Waals surface area contributed by atoms with Crippen LogP contribution in [0, 0.1) is 5.92 Å². The number of aliphatic carboxylic acids is 3. The third-order valence-corrected chi connectivity index (χ3v) is 1.48. The van der Waals surface area contributed by atoms with Gasteiger partial charge in [-0.05, 0) is 6.42 Å². The molecule has 0 amide bonds. The van der Waals surface area contributed by atoms with Crippen LogP contribution in [0.15, 0.2) is 0 Å². The molecule has 98 valence electrons. The zero-order valence-electron chi connectivity index (χ0n) is 7.99. The van der Waals surface area contributed by atoms with Crippen molar-refractivity contribution in [3.05, 3.63) is 0 Å². The summed E-state index contributed by atoms with van der Waals surface area (Å²) in [6.07, 6.45) is -1.02. The van der Waals surface area contributed by atoms with Crippen LogP contribution in [0.2, 0.25) is 0 Å². The Labute approximate surface area is 110 Å². The van der Waals surface area contributed by atoms with Gasteiger partial charge in [0.05, 0.1) is 12.3 Å². The van der Waals surface area contributed by atoms with Gasteiger partial charge in [-0.1, -0.05) is 0 Å². The topological polar surface area (TPSA) is 112 Å². The monoisotopic (exact) mass is 298 g/mol. The lowest BCUT2D eigenvalue weighted by Crippen LogP contribution is -2.18. The van der Waals surface area contributed by atoms with E-state index in [1.165, 1.54) is 0 Å². The summed E-state index contributed by atoms with van der Waals surface area (Å²) in [5.41, 5.74) is 0. The second-order valence-electron chi connectivity index (χ2n) is 2.57. The highest BCUT2D eigenvalue weighted by atomic mass is 35.5. The van der Waals surface area contributed by atoms with Gasteiger partial charge < -0.3 is 15.3 Å². The predicted molar refractivity (Wildman–Crippen MR) is 62.0 cm³/mol. The summed E-state index contributed by atoms with van der Waals surface area (Å²) in [7, 11) is 0. The van der Waals surface area contributed by atoms with Crippen molar-refractivity contribution >= 4 is 55.1 Å². The zero-order valence-corrected chi connectivity index (χ0v) is 10.4. The summed E-state index contributed by atoms with van der Waals surface area (Å²) < 4.78 is 0. The SMILES string of the molecule is Cl.Cl.Cl.O=C(O)CCC(CC(=O)O)C(=O)O. The van der Waals surface area contributed by atoms with Crippen molar-refractivity contribution in [2.45, 2.75) is 19.3 Å². The number of carboxylic acid groups (broad SMARTS) is 3. The second kappa shape index (κ2) is 12.4. The molecule has 1 unspecified atom stereocenters. The van der Waals surface area contributed by atoms with E-state index in [1.54, 1.807) is 0 Å². The number of hydrogen-bond acceptors (Lipinski definition) is 3. The van der Waals surface area contributed by atoms with E-state index in [4.69, 9.17) is 15.3 Å². The largest absolute Gasteiger partial charge is 0.481 e. The van der Waals surface area contributed by atoms with Gasteiger partial charge in [-0.3, -0.25) is 14.4 Å². The van der Waals surface area contributed by atoms with Crippen molar-refractivity contribution in [2.75, 3.05) is 0 Å². The summed E-state index contributed by atoms with van der Waals surface area (Å²) in [5.74, 6) is -4.76. The molecule has 0 aromatic rings. The summed E-state index contributed by atoms with van der Waals surface area (Å²) in [5, 5.41) is 25.0. The highest BCUT2D eigenvalue weighted by Crippen LogP contribution is 2.11. The van der Waals surface area contributed by atoms with Crippen LogP contribution in [0.25, 0.3) is 0 Å². The molecule has 0 heterocycles. The van der Waals surface area contributed by atoms with E-state index in [0.29, 0.717) is 0 Å². The maximum absolute atomic E-state index is 10.4. The molecule has 0 aliphatic heterocycles. The maximum Gasteiger partial charge on any atom is 0.307 e. The van der Waals surface area contributed by atoms with Gasteiger partial charge in [0.15, 0.2) is 0 Å². The third kappa shape index (κ3) is 13.3. The van der Waals surface area contributed by atoms with E-state index >= 15 is 0 Å². The van der Waals surface area contributed by atoms with Crippen LogP contribution >= 0.6 is 37.2 Å². The maximum atomic E-state index is 10.4. The fraction of sp³-hybridized carbons (Fsp3) is 0.571. The minimum Gasteiger partial charge on any atom is -0.481 e. The first-order chi connectivity index (χ1) is 5.93. The highest BCUT2D eigenvalue weighted by molar-refractivity contribution is 5.86. The van der Waals surface area contributed by atoms with Crippen LogP contribution in [0.5, 0.6) is 0 Å². The fourth-order valence-corrected chi connectivity index (χ4v) is 0.821. The lowest BCUT2D eigenvalue weighted by atomic mass is 10.00. The number of carboxylic acids is 3. The van der Waals surface area contributed by atoms with E-state index in [-0.39, 0.29) is 50.1 Å². The molecule has 3 N–H and O–H groups in total. The van der Waals surface area contributed by atoms with Gasteiger partial charge in [0.2, 0.25) is 0 Å². The quantitative estimate of drug-likeness (QED) is 0.681. The molecule has 0 radical (unpaired) electrons. The van der Waals surface area contributed by atoms with Crippen molar-refractivity contribution in [3.63, 3.8) is 0 Å². The van der Waals surface area contributed by atoms with E-state index in [9.17, 15) is 14.4 Å². The predicted octanol–water partition coefficient (Wildman–Crippen LogP) is 1.29. The second-order valence-corrected chi connectivity index (χ2v) is 2.57. The molecule has 0 aromatic heterocycles. The molecule has 0 saturated carbocycles. The Morgan fingerprint density at radius 2 is 1.31 bits per heavy atom. The fourth-order valence-electron chi connectivity index (χ4n) is 0.821. The van der Waals surface area contributed by atoms with E-state index in [1.807, 2.05) is 0 Å². The van der Waals surface area contributed by atoms with Gasteiger partial charge in [0.25, 0.3) is 0 Å². The molecule has 0 aliphatic carbocycles. The van der Waals surface area contributed by atoms with Gasteiger partial charge in [-0.25, -0.2) is 0 Å². The number of rotatable bonds is 6. The van der Waals surface area contributed by atoms with Crippen LogP contribution < -0.4 is 0 Å². The molecular formula is C7H13Cl3O6.